The molecule has 0 aliphatic carbocycles. The highest BCUT2D eigenvalue weighted by Gasteiger charge is 2.05. The first kappa shape index (κ1) is 10.7. The predicted octanol–water partition coefficient (Wildman–Crippen LogP) is 1.52. The normalized spacial score (nSPS) is 10.6. The SMILES string of the molecule is NCCCOc1cc(=O)oc2ccccc12. The molecule has 2 aromatic rings. The molecule has 1 aromatic carbocycles. The van der Waals surface area contributed by atoms with Crippen molar-refractivity contribution < 1.29 is 9.15 Å². The molecule has 4 heteroatoms. The molecule has 0 unspecified atom stereocenters. The predicted molar refractivity (Wildman–Crippen MR) is 61.7 cm³/mol. The number of nitrogens with two attached hydrogens (primary N) is 1. The van der Waals surface area contributed by atoms with Gasteiger partial charge in [0.15, 0.2) is 0 Å². The minimum absolute atomic E-state index is 0.401. The van der Waals surface area contributed by atoms with Crippen LogP contribution in [0, 0.1) is 0 Å². The number of hydrogen-bond acceptors (Lipinski definition) is 4. The largest absolute Gasteiger partial charge is 0.492 e. The van der Waals surface area contributed by atoms with E-state index in [1.54, 1.807) is 6.07 Å². The van der Waals surface area contributed by atoms with Crippen LogP contribution in [0.1, 0.15) is 6.42 Å². The molecule has 4 nitrogen and oxygen atoms in total. The summed E-state index contributed by atoms with van der Waals surface area (Å²) in [6.45, 7) is 1.07. The van der Waals surface area contributed by atoms with Crippen LogP contribution in [-0.4, -0.2) is 13.2 Å². The van der Waals surface area contributed by atoms with Gasteiger partial charge in [0.2, 0.25) is 0 Å². The Labute approximate surface area is 92.6 Å². The van der Waals surface area contributed by atoms with Crippen molar-refractivity contribution >= 4 is 11.0 Å². The first-order chi connectivity index (χ1) is 7.81. The minimum atomic E-state index is -0.401. The van der Waals surface area contributed by atoms with E-state index in [1.807, 2.05) is 18.2 Å². The fourth-order valence-electron chi connectivity index (χ4n) is 1.47. The van der Waals surface area contributed by atoms with Crippen LogP contribution in [0.5, 0.6) is 5.75 Å². The number of para-hydroxylation sites is 1. The fourth-order valence-corrected chi connectivity index (χ4v) is 1.47. The number of benzene rings is 1. The topological polar surface area (TPSA) is 65.5 Å². The van der Waals surface area contributed by atoms with E-state index in [-0.39, 0.29) is 0 Å². The lowest BCUT2D eigenvalue weighted by Gasteiger charge is -2.07. The van der Waals surface area contributed by atoms with Crippen molar-refractivity contribution in [3.63, 3.8) is 0 Å². The van der Waals surface area contributed by atoms with E-state index in [4.69, 9.17) is 14.9 Å². The van der Waals surface area contributed by atoms with Crippen LogP contribution in [0.25, 0.3) is 11.0 Å². The smallest absolute Gasteiger partial charge is 0.339 e. The van der Waals surface area contributed by atoms with Gasteiger partial charge in [-0.05, 0) is 25.1 Å². The zero-order valence-corrected chi connectivity index (χ0v) is 8.81. The molecule has 1 aromatic heterocycles. The van der Waals surface area contributed by atoms with Gasteiger partial charge >= 0.3 is 5.63 Å². The van der Waals surface area contributed by atoms with Gasteiger partial charge in [-0.3, -0.25) is 0 Å². The second-order valence-electron chi connectivity index (χ2n) is 3.42. The summed E-state index contributed by atoms with van der Waals surface area (Å²) in [5.41, 5.74) is 5.51. The Bertz CT molecular complexity index is 533. The Morgan fingerprint density at radius 2 is 2.12 bits per heavy atom. The van der Waals surface area contributed by atoms with Gasteiger partial charge in [-0.25, -0.2) is 4.79 Å². The van der Waals surface area contributed by atoms with E-state index < -0.39 is 5.63 Å². The summed E-state index contributed by atoms with van der Waals surface area (Å²) < 4.78 is 10.5. The van der Waals surface area contributed by atoms with Gasteiger partial charge in [0, 0.05) is 0 Å². The number of hydrogen-bond donors (Lipinski definition) is 1. The maximum Gasteiger partial charge on any atom is 0.339 e. The fraction of sp³-hybridized carbons (Fsp3) is 0.250. The molecule has 2 N–H and O–H groups in total. The van der Waals surface area contributed by atoms with Crippen molar-refractivity contribution in [3.8, 4) is 5.75 Å². The highest BCUT2D eigenvalue weighted by Crippen LogP contribution is 2.23. The van der Waals surface area contributed by atoms with Crippen LogP contribution in [0.15, 0.2) is 39.5 Å². The van der Waals surface area contributed by atoms with Crippen molar-refractivity contribution in [2.75, 3.05) is 13.2 Å². The molecule has 84 valence electrons. The van der Waals surface area contributed by atoms with Gasteiger partial charge in [-0.2, -0.15) is 0 Å². The van der Waals surface area contributed by atoms with Gasteiger partial charge in [0.25, 0.3) is 0 Å². The van der Waals surface area contributed by atoms with Crippen LogP contribution in [0.3, 0.4) is 0 Å². The van der Waals surface area contributed by atoms with Crippen molar-refractivity contribution in [3.05, 3.63) is 40.8 Å². The third kappa shape index (κ3) is 2.23. The Hall–Kier alpha value is -1.81. The third-order valence-electron chi connectivity index (χ3n) is 2.22. The van der Waals surface area contributed by atoms with Crippen molar-refractivity contribution in [2.45, 2.75) is 6.42 Å². The van der Waals surface area contributed by atoms with Crippen molar-refractivity contribution in [2.24, 2.45) is 5.73 Å². The van der Waals surface area contributed by atoms with Crippen LogP contribution in [0.4, 0.5) is 0 Å². The molecule has 0 amide bonds. The first-order valence-electron chi connectivity index (χ1n) is 5.17. The number of fused-ring (bicyclic) bond motifs is 1. The maximum atomic E-state index is 11.3. The summed E-state index contributed by atoms with van der Waals surface area (Å²) in [7, 11) is 0. The van der Waals surface area contributed by atoms with E-state index >= 15 is 0 Å². The summed E-state index contributed by atoms with van der Waals surface area (Å²) >= 11 is 0. The standard InChI is InChI=1S/C12H13NO3/c13-6-3-7-15-11-8-12(14)16-10-5-2-1-4-9(10)11/h1-2,4-5,8H,3,6-7,13H2. The molecule has 16 heavy (non-hydrogen) atoms. The highest BCUT2D eigenvalue weighted by atomic mass is 16.5. The minimum Gasteiger partial charge on any atom is -0.492 e. The summed E-state index contributed by atoms with van der Waals surface area (Å²) in [6.07, 6.45) is 0.758. The lowest BCUT2D eigenvalue weighted by atomic mass is 10.2. The monoisotopic (exact) mass is 219 g/mol. The van der Waals surface area contributed by atoms with Gasteiger partial charge in [0.05, 0.1) is 18.1 Å². The molecule has 0 atom stereocenters. The van der Waals surface area contributed by atoms with Gasteiger partial charge < -0.3 is 14.9 Å². The van der Waals surface area contributed by atoms with E-state index in [2.05, 4.69) is 0 Å². The molecule has 0 fully saturated rings. The number of rotatable bonds is 4. The molecular weight excluding hydrogens is 206 g/mol. The molecule has 0 saturated heterocycles. The zero-order chi connectivity index (χ0) is 11.4. The molecule has 2 rings (SSSR count). The van der Waals surface area contributed by atoms with Crippen LogP contribution in [0.2, 0.25) is 0 Å². The summed E-state index contributed by atoms with van der Waals surface area (Å²) in [5.74, 6) is 0.556. The molecule has 0 bridgehead atoms. The van der Waals surface area contributed by atoms with Crippen LogP contribution in [-0.2, 0) is 0 Å². The second kappa shape index (κ2) is 4.81. The van der Waals surface area contributed by atoms with E-state index in [0.29, 0.717) is 24.5 Å². The highest BCUT2D eigenvalue weighted by molar-refractivity contribution is 5.82. The average molecular weight is 219 g/mol. The Kier molecular flexibility index (Phi) is 3.22. The first-order valence-corrected chi connectivity index (χ1v) is 5.17. The second-order valence-corrected chi connectivity index (χ2v) is 3.42. The van der Waals surface area contributed by atoms with Gasteiger partial charge in [-0.1, -0.05) is 12.1 Å². The molecule has 0 aliphatic heterocycles. The van der Waals surface area contributed by atoms with Crippen molar-refractivity contribution in [1.29, 1.82) is 0 Å². The molecule has 0 spiro atoms. The van der Waals surface area contributed by atoms with Crippen LogP contribution >= 0.6 is 0 Å². The quantitative estimate of drug-likeness (QED) is 0.625. The van der Waals surface area contributed by atoms with Gasteiger partial charge in [-0.15, -0.1) is 0 Å². The summed E-state index contributed by atoms with van der Waals surface area (Å²) in [5, 5.41) is 0.805. The Balaban J connectivity index is 2.38. The van der Waals surface area contributed by atoms with Crippen LogP contribution < -0.4 is 16.1 Å². The maximum absolute atomic E-state index is 11.3. The average Bonchev–Trinajstić information content (AvgIpc) is 2.29. The van der Waals surface area contributed by atoms with E-state index in [0.717, 1.165) is 11.8 Å². The molecular formula is C12H13NO3. The summed E-state index contributed by atoms with van der Waals surface area (Å²) in [6, 6.07) is 8.65. The summed E-state index contributed by atoms with van der Waals surface area (Å²) in [4.78, 5) is 11.3. The van der Waals surface area contributed by atoms with E-state index in [9.17, 15) is 4.79 Å². The van der Waals surface area contributed by atoms with Crippen molar-refractivity contribution in [1.82, 2.24) is 0 Å². The lowest BCUT2D eigenvalue weighted by molar-refractivity contribution is 0.314. The molecule has 0 aliphatic rings. The zero-order valence-electron chi connectivity index (χ0n) is 8.81. The van der Waals surface area contributed by atoms with Gasteiger partial charge in [0.1, 0.15) is 11.3 Å². The third-order valence-corrected chi connectivity index (χ3v) is 2.22. The molecule has 1 heterocycles. The Morgan fingerprint density at radius 3 is 2.94 bits per heavy atom. The lowest BCUT2D eigenvalue weighted by Crippen LogP contribution is -2.07. The van der Waals surface area contributed by atoms with E-state index in [1.165, 1.54) is 6.07 Å². The molecule has 0 radical (unpaired) electrons. The molecule has 0 saturated carbocycles. The Morgan fingerprint density at radius 1 is 1.31 bits per heavy atom. The number of ether oxygens (including phenoxy) is 1.